The average molecular weight is 335 g/mol. The Balaban J connectivity index is 1.82. The number of piperidine rings is 1. The fourth-order valence-corrected chi connectivity index (χ4v) is 3.52. The number of likely N-dealkylation sites (N-methyl/N-ethyl adjacent to an activating group) is 1. The molecule has 0 saturated carbocycles. The first kappa shape index (κ1) is 18.9. The zero-order valence-corrected chi connectivity index (χ0v) is 15.3. The van der Waals surface area contributed by atoms with Gasteiger partial charge >= 0.3 is 0 Å². The van der Waals surface area contributed by atoms with Crippen LogP contribution in [0.15, 0.2) is 24.3 Å². The number of carbonyl (C=O) groups is 1. The lowest BCUT2D eigenvalue weighted by Gasteiger charge is -2.34. The number of rotatable bonds is 6. The minimum Gasteiger partial charge on any atom is -0.352 e. The molecule has 1 atom stereocenters. The molecule has 0 aromatic heterocycles. The molecular weight excluding hydrogens is 305 g/mol. The molecular formula is C19H30FN3O. The predicted molar refractivity (Wildman–Crippen MR) is 95.2 cm³/mol. The maximum absolute atomic E-state index is 13.7. The molecule has 0 radical (unpaired) electrons. The molecule has 134 valence electrons. The van der Waals surface area contributed by atoms with Crippen LogP contribution in [-0.4, -0.2) is 55.0 Å². The van der Waals surface area contributed by atoms with Gasteiger partial charge in [0.1, 0.15) is 5.82 Å². The summed E-state index contributed by atoms with van der Waals surface area (Å²) in [5.41, 5.74) is 0.743. The summed E-state index contributed by atoms with van der Waals surface area (Å²) in [5.74, 6) is 0.252. The summed E-state index contributed by atoms with van der Waals surface area (Å²) in [6.07, 6.45) is 1.83. The van der Waals surface area contributed by atoms with Gasteiger partial charge in [-0.3, -0.25) is 14.6 Å². The Morgan fingerprint density at radius 3 is 2.46 bits per heavy atom. The van der Waals surface area contributed by atoms with E-state index in [0.29, 0.717) is 6.54 Å². The van der Waals surface area contributed by atoms with Gasteiger partial charge in [0.2, 0.25) is 5.91 Å². The van der Waals surface area contributed by atoms with Gasteiger partial charge in [0.15, 0.2) is 0 Å². The molecule has 1 fully saturated rings. The van der Waals surface area contributed by atoms with Crippen LogP contribution >= 0.6 is 0 Å². The van der Waals surface area contributed by atoms with Crippen LogP contribution in [0.5, 0.6) is 0 Å². The van der Waals surface area contributed by atoms with Crippen molar-refractivity contribution >= 4 is 5.91 Å². The third-order valence-corrected chi connectivity index (χ3v) is 4.74. The number of hydrogen-bond donors (Lipinski definition) is 1. The van der Waals surface area contributed by atoms with E-state index in [1.54, 1.807) is 6.07 Å². The lowest BCUT2D eigenvalue weighted by molar-refractivity contribution is -0.128. The molecule has 1 aliphatic heterocycles. The van der Waals surface area contributed by atoms with E-state index in [1.165, 1.54) is 6.07 Å². The van der Waals surface area contributed by atoms with Gasteiger partial charge < -0.3 is 5.32 Å². The van der Waals surface area contributed by atoms with Crippen molar-refractivity contribution in [3.05, 3.63) is 35.6 Å². The van der Waals surface area contributed by atoms with Crippen molar-refractivity contribution in [1.82, 2.24) is 15.1 Å². The van der Waals surface area contributed by atoms with Crippen LogP contribution in [0.25, 0.3) is 0 Å². The predicted octanol–water partition coefficient (Wildman–Crippen LogP) is 2.49. The summed E-state index contributed by atoms with van der Waals surface area (Å²) in [4.78, 5) is 16.7. The molecule has 1 aromatic carbocycles. The summed E-state index contributed by atoms with van der Waals surface area (Å²) in [6.45, 7) is 6.54. The number of halogens is 1. The lowest BCUT2D eigenvalue weighted by Crippen LogP contribution is -2.52. The Bertz CT molecular complexity index is 531. The lowest BCUT2D eigenvalue weighted by atomic mass is 9.99. The maximum atomic E-state index is 13.7. The SMILES string of the molecule is CC(C)[C@@H](C(=O)NC1CCN(Cc2ccccc2F)CC1)N(C)C. The molecule has 2 rings (SSSR count). The van der Waals surface area contributed by atoms with Crippen LogP contribution in [0, 0.1) is 11.7 Å². The molecule has 0 spiro atoms. The van der Waals surface area contributed by atoms with Gasteiger partial charge in [-0.1, -0.05) is 32.0 Å². The highest BCUT2D eigenvalue weighted by Gasteiger charge is 2.28. The van der Waals surface area contributed by atoms with E-state index in [0.717, 1.165) is 31.5 Å². The van der Waals surface area contributed by atoms with Crippen LogP contribution in [0.1, 0.15) is 32.3 Å². The Labute approximate surface area is 145 Å². The normalized spacial score (nSPS) is 18.1. The van der Waals surface area contributed by atoms with E-state index in [9.17, 15) is 9.18 Å². The average Bonchev–Trinajstić information content (AvgIpc) is 2.50. The number of nitrogens with one attached hydrogen (secondary N) is 1. The van der Waals surface area contributed by atoms with Crippen molar-refractivity contribution in [2.75, 3.05) is 27.2 Å². The summed E-state index contributed by atoms with van der Waals surface area (Å²) >= 11 is 0. The van der Waals surface area contributed by atoms with Crippen LogP contribution < -0.4 is 5.32 Å². The monoisotopic (exact) mass is 335 g/mol. The van der Waals surface area contributed by atoms with Crippen molar-refractivity contribution in [2.45, 2.75) is 45.3 Å². The van der Waals surface area contributed by atoms with Gasteiger partial charge in [0.05, 0.1) is 6.04 Å². The first-order valence-corrected chi connectivity index (χ1v) is 8.81. The fraction of sp³-hybridized carbons (Fsp3) is 0.632. The number of hydrogen-bond acceptors (Lipinski definition) is 3. The van der Waals surface area contributed by atoms with Crippen LogP contribution in [0.3, 0.4) is 0 Å². The van der Waals surface area contributed by atoms with E-state index in [2.05, 4.69) is 24.1 Å². The molecule has 0 bridgehead atoms. The van der Waals surface area contributed by atoms with E-state index in [-0.39, 0.29) is 29.7 Å². The molecule has 0 aliphatic carbocycles. The molecule has 24 heavy (non-hydrogen) atoms. The smallest absolute Gasteiger partial charge is 0.237 e. The number of amides is 1. The Kier molecular flexibility index (Phi) is 6.75. The van der Waals surface area contributed by atoms with E-state index in [1.807, 2.05) is 31.1 Å². The second-order valence-corrected chi connectivity index (χ2v) is 7.30. The van der Waals surface area contributed by atoms with E-state index >= 15 is 0 Å². The first-order valence-electron chi connectivity index (χ1n) is 8.81. The van der Waals surface area contributed by atoms with Crippen LogP contribution in [0.4, 0.5) is 4.39 Å². The largest absolute Gasteiger partial charge is 0.352 e. The highest BCUT2D eigenvalue weighted by atomic mass is 19.1. The quantitative estimate of drug-likeness (QED) is 0.868. The third kappa shape index (κ3) is 5.02. The minimum atomic E-state index is -0.140. The highest BCUT2D eigenvalue weighted by molar-refractivity contribution is 5.82. The molecule has 1 N–H and O–H groups in total. The Morgan fingerprint density at radius 2 is 1.92 bits per heavy atom. The van der Waals surface area contributed by atoms with Gasteiger partial charge in [0.25, 0.3) is 0 Å². The maximum Gasteiger partial charge on any atom is 0.237 e. The van der Waals surface area contributed by atoms with Crippen molar-refractivity contribution in [3.8, 4) is 0 Å². The summed E-state index contributed by atoms with van der Waals surface area (Å²) in [5, 5.41) is 3.20. The fourth-order valence-electron chi connectivity index (χ4n) is 3.52. The standard InChI is InChI=1S/C19H30FN3O/c1-14(2)18(22(3)4)19(24)21-16-9-11-23(12-10-16)13-15-7-5-6-8-17(15)20/h5-8,14,16,18H,9-13H2,1-4H3,(H,21,24)/t18-/m0/s1. The van der Waals surface area contributed by atoms with Crippen LogP contribution in [-0.2, 0) is 11.3 Å². The molecule has 1 aliphatic rings. The molecule has 4 nitrogen and oxygen atoms in total. The van der Waals surface area contributed by atoms with Crippen molar-refractivity contribution in [3.63, 3.8) is 0 Å². The zero-order chi connectivity index (χ0) is 17.7. The first-order chi connectivity index (χ1) is 11.4. The van der Waals surface area contributed by atoms with Crippen molar-refractivity contribution < 1.29 is 9.18 Å². The molecule has 1 amide bonds. The van der Waals surface area contributed by atoms with Gasteiger partial charge in [0, 0.05) is 31.2 Å². The number of benzene rings is 1. The number of carbonyl (C=O) groups excluding carboxylic acids is 1. The zero-order valence-electron chi connectivity index (χ0n) is 15.3. The van der Waals surface area contributed by atoms with Gasteiger partial charge in [-0.15, -0.1) is 0 Å². The van der Waals surface area contributed by atoms with Gasteiger partial charge in [-0.25, -0.2) is 4.39 Å². The van der Waals surface area contributed by atoms with Crippen LogP contribution in [0.2, 0.25) is 0 Å². The highest BCUT2D eigenvalue weighted by Crippen LogP contribution is 2.17. The van der Waals surface area contributed by atoms with E-state index < -0.39 is 0 Å². The number of likely N-dealkylation sites (tertiary alicyclic amines) is 1. The minimum absolute atomic E-state index is 0.0959. The van der Waals surface area contributed by atoms with Crippen molar-refractivity contribution in [1.29, 1.82) is 0 Å². The third-order valence-electron chi connectivity index (χ3n) is 4.74. The Morgan fingerprint density at radius 1 is 1.29 bits per heavy atom. The molecule has 1 saturated heterocycles. The molecule has 1 heterocycles. The summed E-state index contributed by atoms with van der Waals surface area (Å²) in [6, 6.07) is 7.06. The molecule has 1 aromatic rings. The summed E-state index contributed by atoms with van der Waals surface area (Å²) < 4.78 is 13.7. The topological polar surface area (TPSA) is 35.6 Å². The van der Waals surface area contributed by atoms with Gasteiger partial charge in [-0.2, -0.15) is 0 Å². The van der Waals surface area contributed by atoms with E-state index in [4.69, 9.17) is 0 Å². The van der Waals surface area contributed by atoms with Gasteiger partial charge in [-0.05, 0) is 38.9 Å². The molecule has 5 heteroatoms. The Hall–Kier alpha value is -1.46. The second kappa shape index (κ2) is 8.58. The molecule has 0 unspecified atom stereocenters. The number of nitrogens with zero attached hydrogens (tertiary/aromatic N) is 2. The van der Waals surface area contributed by atoms with Crippen molar-refractivity contribution in [2.24, 2.45) is 5.92 Å². The summed E-state index contributed by atoms with van der Waals surface area (Å²) in [7, 11) is 3.89. The second-order valence-electron chi connectivity index (χ2n) is 7.30.